The van der Waals surface area contributed by atoms with Gasteiger partial charge in [-0.2, -0.15) is 0 Å². The van der Waals surface area contributed by atoms with Crippen molar-refractivity contribution in [1.29, 1.82) is 0 Å². The first-order chi connectivity index (χ1) is 21.7. The Hall–Kier alpha value is -4.00. The van der Waals surface area contributed by atoms with Crippen LogP contribution in [-0.2, 0) is 14.4 Å². The number of unbranched alkanes of at least 4 members (excludes halogenated alkanes) is 1. The molecule has 2 amide bonds. The molecule has 0 atom stereocenters. The molecule has 0 bridgehead atoms. The van der Waals surface area contributed by atoms with Gasteiger partial charge in [0.15, 0.2) is 23.1 Å². The number of nitrogens with zero attached hydrogens (tertiary/aromatic N) is 1. The Bertz CT molecular complexity index is 1740. The minimum absolute atomic E-state index is 0. The van der Waals surface area contributed by atoms with Crippen LogP contribution in [0.3, 0.4) is 0 Å². The van der Waals surface area contributed by atoms with Gasteiger partial charge >= 0.3 is 43.7 Å². The van der Waals surface area contributed by atoms with Crippen LogP contribution in [0.5, 0.6) is 23.0 Å². The summed E-state index contributed by atoms with van der Waals surface area (Å²) in [5, 5.41) is 14.6. The summed E-state index contributed by atoms with van der Waals surface area (Å²) in [6.45, 7) is 2.47. The van der Waals surface area contributed by atoms with Gasteiger partial charge in [0, 0.05) is 41.5 Å². The van der Waals surface area contributed by atoms with Crippen molar-refractivity contribution in [3.8, 4) is 23.0 Å². The molecule has 1 saturated carbocycles. The number of fused-ring (bicyclic) bond motifs is 1. The summed E-state index contributed by atoms with van der Waals surface area (Å²) in [7, 11) is 0. The zero-order valence-electron chi connectivity index (χ0n) is 27.1. The van der Waals surface area contributed by atoms with E-state index in [0.717, 1.165) is 6.07 Å². The van der Waals surface area contributed by atoms with Crippen LogP contribution in [-0.4, -0.2) is 78.8 Å². The zero-order valence-corrected chi connectivity index (χ0v) is 27.3. The average Bonchev–Trinajstić information content (AvgIpc) is 3.82. The van der Waals surface area contributed by atoms with Gasteiger partial charge in [-0.05, 0) is 81.1 Å². The van der Waals surface area contributed by atoms with Crippen molar-refractivity contribution >= 4 is 77.8 Å². The maximum absolute atomic E-state index is 15.2. The van der Waals surface area contributed by atoms with Crippen LogP contribution in [0.25, 0.3) is 10.9 Å². The molecule has 0 unspecified atom stereocenters. The van der Waals surface area contributed by atoms with E-state index in [1.54, 1.807) is 18.2 Å². The smallest absolute Gasteiger partial charge is 1.00 e. The van der Waals surface area contributed by atoms with Gasteiger partial charge in [0.05, 0.1) is 18.7 Å². The molecule has 1 aliphatic carbocycles. The van der Waals surface area contributed by atoms with Crippen LogP contribution in [0.2, 0.25) is 0 Å². The van der Waals surface area contributed by atoms with Crippen LogP contribution < -0.4 is 24.8 Å². The normalized spacial score (nSPS) is 12.8. The number of anilines is 2. The maximum Gasteiger partial charge on any atom is 2.00 e. The number of hydrogen-bond donors (Lipinski definition) is 3. The Morgan fingerprint density at radius 3 is 2.20 bits per heavy atom. The number of carbonyl (C=O) groups is 3. The Morgan fingerprint density at radius 2 is 1.54 bits per heavy atom. The van der Waals surface area contributed by atoms with E-state index in [4.69, 9.17) is 19.3 Å². The molecule has 5 rings (SSSR count). The molecule has 1 aromatic heterocycles. The molecule has 0 spiro atoms. The first-order valence-corrected chi connectivity index (χ1v) is 14.4. The number of ether oxygens (including phenoxy) is 3. The molecular weight excluding hydrogens is 628 g/mol. The predicted octanol–water partition coefficient (Wildman–Crippen LogP) is 6.54. The molecule has 4 aromatic rings. The molecule has 10 nitrogen and oxygen atoms in total. The molecule has 46 heavy (non-hydrogen) atoms. The second kappa shape index (κ2) is 15.5. The molecular formula is C33H33CaF2N3O7. The number of rotatable bonds is 14. The van der Waals surface area contributed by atoms with Gasteiger partial charge in [-0.1, -0.05) is 0 Å². The third kappa shape index (κ3) is 8.42. The number of aliphatic carboxylic acids is 1. The number of nitrogens with one attached hydrogen (secondary N) is 2. The molecule has 0 saturated heterocycles. The van der Waals surface area contributed by atoms with Crippen molar-refractivity contribution in [2.75, 3.05) is 23.8 Å². The van der Waals surface area contributed by atoms with E-state index in [2.05, 4.69) is 15.6 Å². The van der Waals surface area contributed by atoms with E-state index in [-0.39, 0.29) is 58.4 Å². The average molecular weight is 662 g/mol. The van der Waals surface area contributed by atoms with Crippen molar-refractivity contribution < 1.29 is 45.3 Å². The SMILES string of the molecule is CCOc1cc2c(Oc3ccc(NC(=O)C4(C(=O)Nc5ccc(F)cc5)CC4)cc3F)ccnc2cc1OCCCCC(=O)O.[Ca+2].[H-].[H-]. The molecule has 1 heterocycles. The molecule has 13 heteroatoms. The van der Waals surface area contributed by atoms with Crippen molar-refractivity contribution in [2.24, 2.45) is 5.41 Å². The number of carbonyl (C=O) groups excluding carboxylic acids is 2. The van der Waals surface area contributed by atoms with Crippen LogP contribution in [0, 0.1) is 17.0 Å². The van der Waals surface area contributed by atoms with Crippen molar-refractivity contribution in [3.63, 3.8) is 0 Å². The second-order valence-corrected chi connectivity index (χ2v) is 10.5. The first kappa shape index (κ1) is 34.9. The van der Waals surface area contributed by atoms with E-state index in [1.807, 2.05) is 6.92 Å². The van der Waals surface area contributed by atoms with E-state index in [9.17, 15) is 18.8 Å². The zero-order chi connectivity index (χ0) is 32.0. The van der Waals surface area contributed by atoms with Gasteiger partial charge in [0.25, 0.3) is 0 Å². The second-order valence-electron chi connectivity index (χ2n) is 10.5. The van der Waals surface area contributed by atoms with Gasteiger partial charge in [-0.25, -0.2) is 8.78 Å². The number of halogens is 2. The van der Waals surface area contributed by atoms with Crippen LogP contribution in [0.15, 0.2) is 66.9 Å². The van der Waals surface area contributed by atoms with Crippen molar-refractivity contribution in [2.45, 2.75) is 39.0 Å². The number of carboxylic acid groups (broad SMARTS) is 1. The standard InChI is InChI=1S/C33H31F2N3O7.Ca.2H/c1-2-43-28-18-23-25(19-29(28)44-16-4-3-5-30(39)40)36-15-12-26(23)45-27-11-10-22(17-24(27)35)38-32(42)33(13-14-33)31(41)37-21-8-6-20(34)7-9-21;;;/h6-12,15,17-19H,2-5,13-14,16H2,1H3,(H,37,41)(H,38,42)(H,39,40);;;/q;+2;2*-1. The van der Waals surface area contributed by atoms with E-state index in [1.165, 1.54) is 42.6 Å². The first-order valence-electron chi connectivity index (χ1n) is 14.4. The third-order valence-corrected chi connectivity index (χ3v) is 7.24. The fraction of sp³-hybridized carbons (Fsp3) is 0.273. The van der Waals surface area contributed by atoms with Crippen LogP contribution in [0.1, 0.15) is 41.9 Å². The van der Waals surface area contributed by atoms with Gasteiger partial charge < -0.3 is 32.8 Å². The largest absolute Gasteiger partial charge is 2.00 e. The summed E-state index contributed by atoms with van der Waals surface area (Å²) in [6.07, 6.45) is 3.24. The molecule has 3 aromatic carbocycles. The molecule has 0 radical (unpaired) electrons. The number of benzene rings is 3. The fourth-order valence-electron chi connectivity index (χ4n) is 4.66. The number of hydrogen-bond acceptors (Lipinski definition) is 7. The molecule has 1 aliphatic rings. The minimum Gasteiger partial charge on any atom is -1.00 e. The molecule has 3 N–H and O–H groups in total. The Morgan fingerprint density at radius 1 is 0.870 bits per heavy atom. The number of amides is 2. The van der Waals surface area contributed by atoms with Gasteiger partial charge in [-0.3, -0.25) is 19.4 Å². The Labute approximate surface area is 296 Å². The Balaban J connectivity index is 0.00000267. The quantitative estimate of drug-likeness (QED) is 0.0788. The molecule has 238 valence electrons. The topological polar surface area (TPSA) is 136 Å². The third-order valence-electron chi connectivity index (χ3n) is 7.24. The van der Waals surface area contributed by atoms with E-state index in [0.29, 0.717) is 72.7 Å². The van der Waals surface area contributed by atoms with E-state index < -0.39 is 34.8 Å². The number of carboxylic acids is 1. The predicted molar refractivity (Wildman–Crippen MR) is 170 cm³/mol. The summed E-state index contributed by atoms with van der Waals surface area (Å²) in [6, 6.07) is 14.1. The van der Waals surface area contributed by atoms with Crippen LogP contribution >= 0.6 is 0 Å². The fourth-order valence-corrected chi connectivity index (χ4v) is 4.66. The van der Waals surface area contributed by atoms with Crippen molar-refractivity contribution in [3.05, 3.63) is 78.5 Å². The van der Waals surface area contributed by atoms with Crippen LogP contribution in [0.4, 0.5) is 20.2 Å². The molecule has 0 aliphatic heterocycles. The monoisotopic (exact) mass is 661 g/mol. The summed E-state index contributed by atoms with van der Waals surface area (Å²) in [5.74, 6) is -2.08. The summed E-state index contributed by atoms with van der Waals surface area (Å²) in [5.41, 5.74) is -0.278. The summed E-state index contributed by atoms with van der Waals surface area (Å²) in [4.78, 5) is 41.0. The minimum atomic E-state index is -1.30. The summed E-state index contributed by atoms with van der Waals surface area (Å²) >= 11 is 0. The maximum atomic E-state index is 15.2. The van der Waals surface area contributed by atoms with Gasteiger partial charge in [0.2, 0.25) is 11.8 Å². The number of pyridine rings is 1. The number of aromatic nitrogens is 1. The van der Waals surface area contributed by atoms with Gasteiger partial charge in [0.1, 0.15) is 17.0 Å². The van der Waals surface area contributed by atoms with Crippen molar-refractivity contribution in [1.82, 2.24) is 4.98 Å². The molecule has 1 fully saturated rings. The summed E-state index contributed by atoms with van der Waals surface area (Å²) < 4.78 is 45.9. The van der Waals surface area contributed by atoms with E-state index >= 15 is 4.39 Å². The van der Waals surface area contributed by atoms with Gasteiger partial charge in [-0.15, -0.1) is 0 Å². The Kier molecular flexibility index (Phi) is 11.8.